The fraction of sp³-hybridized carbons (Fsp3) is 0.667. The third-order valence-corrected chi connectivity index (χ3v) is 2.48. The summed E-state index contributed by atoms with van der Waals surface area (Å²) in [6, 6.07) is 0. The van der Waals surface area contributed by atoms with E-state index in [1.165, 1.54) is 9.70 Å². The van der Waals surface area contributed by atoms with E-state index in [1.54, 1.807) is 14.0 Å². The van der Waals surface area contributed by atoms with Gasteiger partial charge < -0.3 is 4.74 Å². The van der Waals surface area contributed by atoms with E-state index in [2.05, 4.69) is 15.4 Å². The van der Waals surface area contributed by atoms with Crippen LogP contribution in [0.5, 0.6) is 0 Å². The number of hydrogen-bond donors (Lipinski definition) is 0. The first kappa shape index (κ1) is 11.5. The van der Waals surface area contributed by atoms with E-state index < -0.39 is 5.92 Å². The summed E-state index contributed by atoms with van der Waals surface area (Å²) in [5, 5.41) is 11.3. The van der Waals surface area contributed by atoms with Crippen LogP contribution in [-0.2, 0) is 21.4 Å². The number of carbonyl (C=O) groups excluding carboxylic acids is 2. The predicted octanol–water partition coefficient (Wildman–Crippen LogP) is -0.874. The summed E-state index contributed by atoms with van der Waals surface area (Å²) in [4.78, 5) is 25.8. The highest BCUT2D eigenvalue weighted by Crippen LogP contribution is 2.22. The molecular formula is C9H13N5O3. The molecule has 1 atom stereocenters. The van der Waals surface area contributed by atoms with Crippen molar-refractivity contribution >= 4 is 17.8 Å². The van der Waals surface area contributed by atoms with Gasteiger partial charge in [-0.2, -0.15) is 4.80 Å². The lowest BCUT2D eigenvalue weighted by Gasteiger charge is -2.10. The molecule has 2 heterocycles. The largest absolute Gasteiger partial charge is 0.466 e. The number of rotatable bonds is 3. The molecule has 1 fully saturated rings. The molecule has 0 N–H and O–H groups in total. The van der Waals surface area contributed by atoms with E-state index in [0.29, 0.717) is 6.61 Å². The molecule has 0 spiro atoms. The van der Waals surface area contributed by atoms with Crippen LogP contribution in [0.25, 0.3) is 0 Å². The van der Waals surface area contributed by atoms with Gasteiger partial charge in [-0.15, -0.1) is 5.10 Å². The molecule has 8 nitrogen and oxygen atoms in total. The van der Waals surface area contributed by atoms with Gasteiger partial charge in [0.25, 0.3) is 5.95 Å². The molecular weight excluding hydrogens is 226 g/mol. The standard InChI is InChI=1S/C9H13N5O3/c1-3-17-8(16)6-4-7(15)14(5-6)9-10-12-13(2)11-9/h6H,3-5H2,1-2H3. The Hall–Kier alpha value is -1.99. The second-order valence-corrected chi connectivity index (χ2v) is 3.74. The smallest absolute Gasteiger partial charge is 0.311 e. The lowest BCUT2D eigenvalue weighted by Crippen LogP contribution is -2.27. The third kappa shape index (κ3) is 2.24. The number of carbonyl (C=O) groups is 2. The molecule has 92 valence electrons. The number of anilines is 1. The van der Waals surface area contributed by atoms with Crippen LogP contribution in [0, 0.1) is 5.92 Å². The summed E-state index contributed by atoms with van der Waals surface area (Å²) in [5.41, 5.74) is 0. The van der Waals surface area contributed by atoms with Gasteiger partial charge in [0.1, 0.15) is 0 Å². The third-order valence-electron chi connectivity index (χ3n) is 2.48. The molecule has 2 rings (SSSR count). The lowest BCUT2D eigenvalue weighted by molar-refractivity contribution is -0.147. The normalized spacial score (nSPS) is 19.8. The molecule has 1 saturated heterocycles. The molecule has 0 radical (unpaired) electrons. The molecule has 1 aromatic heterocycles. The number of hydrogen-bond acceptors (Lipinski definition) is 6. The Balaban J connectivity index is 2.07. The molecule has 1 aliphatic rings. The number of tetrazole rings is 1. The summed E-state index contributed by atoms with van der Waals surface area (Å²) in [6.07, 6.45) is 0.136. The molecule has 1 amide bonds. The maximum atomic E-state index is 11.7. The van der Waals surface area contributed by atoms with E-state index in [0.717, 1.165) is 0 Å². The molecule has 1 unspecified atom stereocenters. The van der Waals surface area contributed by atoms with Crippen molar-refractivity contribution in [3.05, 3.63) is 0 Å². The molecule has 0 bridgehead atoms. The van der Waals surface area contributed by atoms with Crippen molar-refractivity contribution in [2.75, 3.05) is 18.1 Å². The van der Waals surface area contributed by atoms with Gasteiger partial charge in [-0.25, -0.2) is 0 Å². The Morgan fingerprint density at radius 2 is 2.35 bits per heavy atom. The second kappa shape index (κ2) is 4.48. The van der Waals surface area contributed by atoms with Gasteiger partial charge in [0, 0.05) is 13.0 Å². The molecule has 8 heteroatoms. The van der Waals surface area contributed by atoms with Crippen LogP contribution in [0.4, 0.5) is 5.95 Å². The minimum absolute atomic E-state index is 0.136. The average Bonchev–Trinajstić information content (AvgIpc) is 2.85. The van der Waals surface area contributed by atoms with E-state index >= 15 is 0 Å². The Bertz CT molecular complexity index is 444. The van der Waals surface area contributed by atoms with E-state index in [1.807, 2.05) is 0 Å². The van der Waals surface area contributed by atoms with Crippen LogP contribution in [0.2, 0.25) is 0 Å². The molecule has 0 saturated carbocycles. The Morgan fingerprint density at radius 1 is 1.59 bits per heavy atom. The number of ether oxygens (including phenoxy) is 1. The maximum Gasteiger partial charge on any atom is 0.311 e. The van der Waals surface area contributed by atoms with Crippen LogP contribution >= 0.6 is 0 Å². The fourth-order valence-electron chi connectivity index (χ4n) is 1.70. The molecule has 1 aromatic rings. The second-order valence-electron chi connectivity index (χ2n) is 3.74. The van der Waals surface area contributed by atoms with Crippen molar-refractivity contribution in [3.63, 3.8) is 0 Å². The summed E-state index contributed by atoms with van der Waals surface area (Å²) in [5.74, 6) is -0.751. The van der Waals surface area contributed by atoms with Crippen molar-refractivity contribution in [1.29, 1.82) is 0 Å². The van der Waals surface area contributed by atoms with E-state index in [4.69, 9.17) is 4.74 Å². The van der Waals surface area contributed by atoms with Gasteiger partial charge in [-0.3, -0.25) is 14.5 Å². The minimum Gasteiger partial charge on any atom is -0.466 e. The summed E-state index contributed by atoms with van der Waals surface area (Å²) >= 11 is 0. The summed E-state index contributed by atoms with van der Waals surface area (Å²) < 4.78 is 4.88. The van der Waals surface area contributed by atoms with Gasteiger partial charge in [0.2, 0.25) is 5.91 Å². The number of amides is 1. The highest BCUT2D eigenvalue weighted by Gasteiger charge is 2.37. The first-order valence-corrected chi connectivity index (χ1v) is 5.32. The zero-order chi connectivity index (χ0) is 12.4. The fourth-order valence-corrected chi connectivity index (χ4v) is 1.70. The zero-order valence-electron chi connectivity index (χ0n) is 9.66. The summed E-state index contributed by atoms with van der Waals surface area (Å²) in [7, 11) is 1.61. The van der Waals surface area contributed by atoms with Gasteiger partial charge in [0.05, 0.1) is 19.6 Å². The van der Waals surface area contributed by atoms with Gasteiger partial charge in [0.15, 0.2) is 0 Å². The van der Waals surface area contributed by atoms with Crippen molar-refractivity contribution in [2.45, 2.75) is 13.3 Å². The first-order chi connectivity index (χ1) is 8.11. The van der Waals surface area contributed by atoms with Crippen molar-refractivity contribution in [3.8, 4) is 0 Å². The molecule has 0 aliphatic carbocycles. The van der Waals surface area contributed by atoms with Crippen molar-refractivity contribution in [2.24, 2.45) is 13.0 Å². The first-order valence-electron chi connectivity index (χ1n) is 5.32. The van der Waals surface area contributed by atoms with Crippen LogP contribution in [0.1, 0.15) is 13.3 Å². The number of aromatic nitrogens is 4. The Labute approximate surface area is 97.5 Å². The quantitative estimate of drug-likeness (QED) is 0.637. The molecule has 1 aliphatic heterocycles. The lowest BCUT2D eigenvalue weighted by atomic mass is 10.1. The average molecular weight is 239 g/mol. The van der Waals surface area contributed by atoms with E-state index in [-0.39, 0.29) is 30.8 Å². The monoisotopic (exact) mass is 239 g/mol. The molecule has 17 heavy (non-hydrogen) atoms. The summed E-state index contributed by atoms with van der Waals surface area (Å²) in [6.45, 7) is 2.30. The highest BCUT2D eigenvalue weighted by molar-refractivity contribution is 5.98. The number of nitrogens with zero attached hydrogens (tertiary/aromatic N) is 5. The molecule has 0 aromatic carbocycles. The topological polar surface area (TPSA) is 90.2 Å². The predicted molar refractivity (Wildman–Crippen MR) is 55.9 cm³/mol. The zero-order valence-corrected chi connectivity index (χ0v) is 9.66. The number of esters is 1. The Morgan fingerprint density at radius 3 is 2.94 bits per heavy atom. The maximum absolute atomic E-state index is 11.7. The van der Waals surface area contributed by atoms with Gasteiger partial charge in [-0.1, -0.05) is 5.10 Å². The number of aryl methyl sites for hydroxylation is 1. The van der Waals surface area contributed by atoms with Gasteiger partial charge in [-0.05, 0) is 12.1 Å². The minimum atomic E-state index is -0.439. The van der Waals surface area contributed by atoms with Crippen molar-refractivity contribution in [1.82, 2.24) is 20.2 Å². The van der Waals surface area contributed by atoms with Crippen LogP contribution < -0.4 is 4.90 Å². The van der Waals surface area contributed by atoms with E-state index in [9.17, 15) is 9.59 Å². The van der Waals surface area contributed by atoms with Crippen molar-refractivity contribution < 1.29 is 14.3 Å². The van der Waals surface area contributed by atoms with Crippen LogP contribution in [-0.4, -0.2) is 45.2 Å². The Kier molecular flexibility index (Phi) is 3.03. The van der Waals surface area contributed by atoms with Crippen LogP contribution in [0.3, 0.4) is 0 Å². The highest BCUT2D eigenvalue weighted by atomic mass is 16.5. The SMILES string of the molecule is CCOC(=O)C1CC(=O)N(c2nnn(C)n2)C1. The van der Waals surface area contributed by atoms with Crippen LogP contribution in [0.15, 0.2) is 0 Å². The van der Waals surface area contributed by atoms with Gasteiger partial charge >= 0.3 is 5.97 Å².